The number of piperidine rings is 1. The first kappa shape index (κ1) is 18.4. The molecule has 4 rings (SSSR count). The van der Waals surface area contributed by atoms with Crippen molar-refractivity contribution in [3.05, 3.63) is 53.8 Å². The number of fused-ring (bicyclic) bond motifs is 1. The minimum absolute atomic E-state index is 0.239. The average molecular weight is 378 g/mol. The molecule has 1 amide bonds. The summed E-state index contributed by atoms with van der Waals surface area (Å²) in [7, 11) is 0. The molecule has 1 saturated heterocycles. The lowest BCUT2D eigenvalue weighted by Crippen LogP contribution is -2.29. The third kappa shape index (κ3) is 3.70. The minimum Gasteiger partial charge on any atom is -0.494 e. The molecule has 3 aromatic rings. The highest BCUT2D eigenvalue weighted by molar-refractivity contribution is 6.06. The maximum absolute atomic E-state index is 12.8. The van der Waals surface area contributed by atoms with E-state index >= 15 is 0 Å². The lowest BCUT2D eigenvalue weighted by atomic mass is 10.1. The summed E-state index contributed by atoms with van der Waals surface area (Å²) in [6.45, 7) is 6.65. The fourth-order valence-corrected chi connectivity index (χ4v) is 3.77. The minimum atomic E-state index is -0.239. The molecule has 0 spiro atoms. The number of anilines is 2. The standard InChI is InChI=1S/C23H26N2O3/c1-3-27-19-11-12-21-20(15-19)16(2)22(28-21)23(26)24-17-7-9-18(10-8-17)25-13-5-4-6-14-25/h7-12,15H,3-6,13-14H2,1-2H3,(H,24,26). The van der Waals surface area contributed by atoms with Gasteiger partial charge in [0.1, 0.15) is 11.3 Å². The van der Waals surface area contributed by atoms with Crippen LogP contribution in [0.3, 0.4) is 0 Å². The molecule has 2 heterocycles. The van der Waals surface area contributed by atoms with E-state index in [-0.39, 0.29) is 5.91 Å². The summed E-state index contributed by atoms with van der Waals surface area (Å²) in [5.41, 5.74) is 3.48. The van der Waals surface area contributed by atoms with Crippen molar-refractivity contribution in [3.63, 3.8) is 0 Å². The van der Waals surface area contributed by atoms with Crippen LogP contribution in [-0.2, 0) is 0 Å². The van der Waals surface area contributed by atoms with Crippen LogP contribution in [0.4, 0.5) is 11.4 Å². The number of carbonyl (C=O) groups excluding carboxylic acids is 1. The van der Waals surface area contributed by atoms with E-state index in [0.717, 1.165) is 35.5 Å². The summed E-state index contributed by atoms with van der Waals surface area (Å²) in [5.74, 6) is 0.875. The Kier molecular flexibility index (Phi) is 5.24. The van der Waals surface area contributed by atoms with Gasteiger partial charge in [-0.1, -0.05) is 0 Å². The Hall–Kier alpha value is -2.95. The Labute approximate surface area is 165 Å². The Morgan fingerprint density at radius 2 is 1.86 bits per heavy atom. The van der Waals surface area contributed by atoms with Crippen LogP contribution in [0.2, 0.25) is 0 Å². The molecule has 1 aliphatic heterocycles. The normalized spacial score (nSPS) is 14.3. The highest BCUT2D eigenvalue weighted by Gasteiger charge is 2.18. The average Bonchev–Trinajstić information content (AvgIpc) is 3.06. The van der Waals surface area contributed by atoms with Crippen LogP contribution in [0.5, 0.6) is 5.75 Å². The molecule has 1 aromatic heterocycles. The molecule has 1 N–H and O–H groups in total. The number of benzene rings is 2. The molecular weight excluding hydrogens is 352 g/mol. The second kappa shape index (κ2) is 7.97. The van der Waals surface area contributed by atoms with E-state index in [0.29, 0.717) is 18.0 Å². The number of amides is 1. The first-order valence-electron chi connectivity index (χ1n) is 9.98. The third-order valence-corrected chi connectivity index (χ3v) is 5.27. The number of carbonyl (C=O) groups is 1. The first-order chi connectivity index (χ1) is 13.7. The van der Waals surface area contributed by atoms with Gasteiger partial charge < -0.3 is 19.4 Å². The van der Waals surface area contributed by atoms with Crippen molar-refractivity contribution in [3.8, 4) is 5.75 Å². The monoisotopic (exact) mass is 378 g/mol. The van der Waals surface area contributed by atoms with Crippen LogP contribution in [-0.4, -0.2) is 25.6 Å². The number of furan rings is 1. The number of hydrogen-bond acceptors (Lipinski definition) is 4. The molecule has 5 nitrogen and oxygen atoms in total. The van der Waals surface area contributed by atoms with E-state index in [1.807, 2.05) is 44.2 Å². The maximum atomic E-state index is 12.8. The molecule has 5 heteroatoms. The fraction of sp³-hybridized carbons (Fsp3) is 0.348. The van der Waals surface area contributed by atoms with Crippen molar-refractivity contribution in [2.45, 2.75) is 33.1 Å². The van der Waals surface area contributed by atoms with Gasteiger partial charge in [-0.15, -0.1) is 0 Å². The van der Waals surface area contributed by atoms with Crippen molar-refractivity contribution < 1.29 is 13.9 Å². The smallest absolute Gasteiger partial charge is 0.291 e. The van der Waals surface area contributed by atoms with Gasteiger partial charge >= 0.3 is 0 Å². The Bertz CT molecular complexity index is 969. The Morgan fingerprint density at radius 3 is 2.57 bits per heavy atom. The Morgan fingerprint density at radius 1 is 1.11 bits per heavy atom. The number of hydrogen-bond donors (Lipinski definition) is 1. The molecule has 0 aliphatic carbocycles. The van der Waals surface area contributed by atoms with Gasteiger partial charge in [0.2, 0.25) is 0 Å². The highest BCUT2D eigenvalue weighted by atomic mass is 16.5. The van der Waals surface area contributed by atoms with Gasteiger partial charge in [0.05, 0.1) is 6.61 Å². The van der Waals surface area contributed by atoms with Gasteiger partial charge in [0.25, 0.3) is 5.91 Å². The predicted octanol–water partition coefficient (Wildman–Crippen LogP) is 5.38. The summed E-state index contributed by atoms with van der Waals surface area (Å²) in [6, 6.07) is 13.7. The summed E-state index contributed by atoms with van der Waals surface area (Å²) in [6.07, 6.45) is 3.80. The largest absolute Gasteiger partial charge is 0.494 e. The van der Waals surface area contributed by atoms with Gasteiger partial charge in [-0.25, -0.2) is 0 Å². The maximum Gasteiger partial charge on any atom is 0.291 e. The number of rotatable bonds is 5. The van der Waals surface area contributed by atoms with Crippen LogP contribution >= 0.6 is 0 Å². The summed E-state index contributed by atoms with van der Waals surface area (Å²) in [5, 5.41) is 3.85. The van der Waals surface area contributed by atoms with Crippen LogP contribution in [0.15, 0.2) is 46.9 Å². The van der Waals surface area contributed by atoms with Crippen molar-refractivity contribution >= 4 is 28.3 Å². The van der Waals surface area contributed by atoms with E-state index < -0.39 is 0 Å². The fourth-order valence-electron chi connectivity index (χ4n) is 3.77. The summed E-state index contributed by atoms with van der Waals surface area (Å²) < 4.78 is 11.4. The van der Waals surface area contributed by atoms with Gasteiger partial charge in [-0.2, -0.15) is 0 Å². The molecule has 0 unspecified atom stereocenters. The molecule has 0 radical (unpaired) electrons. The number of ether oxygens (including phenoxy) is 1. The van der Waals surface area contributed by atoms with E-state index in [2.05, 4.69) is 22.3 Å². The predicted molar refractivity (Wildman–Crippen MR) is 113 cm³/mol. The molecule has 1 aliphatic rings. The zero-order valence-electron chi connectivity index (χ0n) is 16.5. The van der Waals surface area contributed by atoms with Gasteiger partial charge in [-0.05, 0) is 75.6 Å². The molecule has 1 fully saturated rings. The topological polar surface area (TPSA) is 54.7 Å². The lowest BCUT2D eigenvalue weighted by molar-refractivity contribution is 0.0998. The SMILES string of the molecule is CCOc1ccc2oc(C(=O)Nc3ccc(N4CCCCC4)cc3)c(C)c2c1. The van der Waals surface area contributed by atoms with E-state index in [9.17, 15) is 4.79 Å². The molecule has 146 valence electrons. The molecule has 2 aromatic carbocycles. The van der Waals surface area contributed by atoms with E-state index in [1.165, 1.54) is 24.9 Å². The number of nitrogens with one attached hydrogen (secondary N) is 1. The highest BCUT2D eigenvalue weighted by Crippen LogP contribution is 2.30. The van der Waals surface area contributed by atoms with Crippen LogP contribution in [0.25, 0.3) is 11.0 Å². The van der Waals surface area contributed by atoms with Crippen LogP contribution in [0, 0.1) is 6.92 Å². The van der Waals surface area contributed by atoms with Crippen molar-refractivity contribution in [2.24, 2.45) is 0 Å². The molecule has 0 atom stereocenters. The van der Waals surface area contributed by atoms with Crippen LogP contribution in [0.1, 0.15) is 42.3 Å². The van der Waals surface area contributed by atoms with E-state index in [1.54, 1.807) is 0 Å². The lowest BCUT2D eigenvalue weighted by Gasteiger charge is -2.28. The quantitative estimate of drug-likeness (QED) is 0.647. The van der Waals surface area contributed by atoms with Gasteiger partial charge in [0, 0.05) is 35.4 Å². The van der Waals surface area contributed by atoms with Crippen LogP contribution < -0.4 is 15.0 Å². The van der Waals surface area contributed by atoms with Crippen molar-refractivity contribution in [2.75, 3.05) is 29.9 Å². The molecular formula is C23H26N2O3. The zero-order chi connectivity index (χ0) is 19.5. The van der Waals surface area contributed by atoms with Gasteiger partial charge in [0.15, 0.2) is 5.76 Å². The van der Waals surface area contributed by atoms with Crippen molar-refractivity contribution in [1.29, 1.82) is 0 Å². The second-order valence-corrected chi connectivity index (χ2v) is 7.20. The number of nitrogens with zero attached hydrogens (tertiary/aromatic N) is 1. The summed E-state index contributed by atoms with van der Waals surface area (Å²) >= 11 is 0. The Balaban J connectivity index is 1.50. The molecule has 28 heavy (non-hydrogen) atoms. The first-order valence-corrected chi connectivity index (χ1v) is 9.98. The van der Waals surface area contributed by atoms with E-state index in [4.69, 9.17) is 9.15 Å². The zero-order valence-corrected chi connectivity index (χ0v) is 16.5. The second-order valence-electron chi connectivity index (χ2n) is 7.20. The number of aryl methyl sites for hydroxylation is 1. The molecule has 0 bridgehead atoms. The van der Waals surface area contributed by atoms with Crippen molar-refractivity contribution in [1.82, 2.24) is 0 Å². The third-order valence-electron chi connectivity index (χ3n) is 5.27. The molecule has 0 saturated carbocycles. The summed E-state index contributed by atoms with van der Waals surface area (Å²) in [4.78, 5) is 15.2. The van der Waals surface area contributed by atoms with Gasteiger partial charge in [-0.3, -0.25) is 4.79 Å².